The third-order valence-corrected chi connectivity index (χ3v) is 2.41. The molecule has 0 aliphatic heterocycles. The molecule has 11 heavy (non-hydrogen) atoms. The third-order valence-electron chi connectivity index (χ3n) is 1.26. The van der Waals surface area contributed by atoms with Crippen molar-refractivity contribution in [2.24, 2.45) is 0 Å². The highest BCUT2D eigenvalue weighted by Gasteiger charge is 2.10. The van der Waals surface area contributed by atoms with Crippen LogP contribution in [0.2, 0.25) is 0 Å². The van der Waals surface area contributed by atoms with Crippen LogP contribution in [0, 0.1) is 0 Å². The molecule has 3 nitrogen and oxygen atoms in total. The first kappa shape index (κ1) is 8.07. The summed E-state index contributed by atoms with van der Waals surface area (Å²) < 4.78 is 21.8. The molecule has 1 rings (SSSR count). The van der Waals surface area contributed by atoms with Crippen LogP contribution in [0.4, 0.5) is 0 Å². The van der Waals surface area contributed by atoms with E-state index in [4.69, 9.17) is 5.11 Å². The molecule has 0 spiro atoms. The minimum absolute atomic E-state index is 0.0278. The van der Waals surface area contributed by atoms with Crippen molar-refractivity contribution in [1.29, 1.82) is 0 Å². The number of benzene rings is 1. The Morgan fingerprint density at radius 1 is 1.27 bits per heavy atom. The Morgan fingerprint density at radius 2 is 1.82 bits per heavy atom. The van der Waals surface area contributed by atoms with Crippen LogP contribution < -0.4 is 0 Å². The molecule has 0 bridgehead atoms. The van der Waals surface area contributed by atoms with E-state index < -0.39 is 9.84 Å². The Balaban J connectivity index is 3.37. The van der Waals surface area contributed by atoms with E-state index in [2.05, 4.69) is 0 Å². The highest BCUT2D eigenvalue weighted by atomic mass is 32.2. The van der Waals surface area contributed by atoms with Crippen LogP contribution in [0.3, 0.4) is 0 Å². The molecule has 0 unspecified atom stereocenters. The quantitative estimate of drug-likeness (QED) is 0.681. The molecule has 0 atom stereocenters. The molecule has 60 valence electrons. The molecular formula is C7H8O3S. The second-order valence-corrected chi connectivity index (χ2v) is 4.22. The maximum atomic E-state index is 10.9. The van der Waals surface area contributed by atoms with Crippen molar-refractivity contribution >= 4 is 9.84 Å². The average Bonchev–Trinajstić information content (AvgIpc) is 1.86. The van der Waals surface area contributed by atoms with Crippen molar-refractivity contribution in [3.05, 3.63) is 24.3 Å². The number of phenols is 1. The van der Waals surface area contributed by atoms with Crippen molar-refractivity contribution in [3.8, 4) is 5.75 Å². The van der Waals surface area contributed by atoms with E-state index in [0.29, 0.717) is 0 Å². The lowest BCUT2D eigenvalue weighted by Crippen LogP contribution is -1.96. The van der Waals surface area contributed by atoms with Crippen LogP contribution in [0.1, 0.15) is 0 Å². The van der Waals surface area contributed by atoms with Gasteiger partial charge in [0.2, 0.25) is 0 Å². The van der Waals surface area contributed by atoms with Gasteiger partial charge in [0, 0.05) is 6.26 Å². The van der Waals surface area contributed by atoms with Crippen molar-refractivity contribution < 1.29 is 13.5 Å². The predicted octanol–water partition coefficient (Wildman–Crippen LogP) is 0.796. The number of sulfone groups is 1. The van der Waals surface area contributed by atoms with Crippen LogP contribution in [0.25, 0.3) is 0 Å². The fourth-order valence-electron chi connectivity index (χ4n) is 0.771. The lowest BCUT2D eigenvalue weighted by atomic mass is 10.3. The van der Waals surface area contributed by atoms with E-state index in [1.807, 2.05) is 0 Å². The Morgan fingerprint density at radius 3 is 2.18 bits per heavy atom. The van der Waals surface area contributed by atoms with Crippen LogP contribution in [-0.2, 0) is 9.84 Å². The molecule has 0 saturated carbocycles. The Kier molecular flexibility index (Phi) is 1.87. The van der Waals surface area contributed by atoms with Gasteiger partial charge in [0.15, 0.2) is 9.84 Å². The van der Waals surface area contributed by atoms with E-state index >= 15 is 0 Å². The minimum Gasteiger partial charge on any atom is -0.507 e. The largest absolute Gasteiger partial charge is 0.507 e. The Labute approximate surface area is 65.2 Å². The highest BCUT2D eigenvalue weighted by molar-refractivity contribution is 7.90. The Bertz CT molecular complexity index is 354. The van der Waals surface area contributed by atoms with Gasteiger partial charge in [-0.2, -0.15) is 0 Å². The summed E-state index contributed by atoms with van der Waals surface area (Å²) in [5.74, 6) is -0.199. The van der Waals surface area contributed by atoms with Crippen LogP contribution in [0.15, 0.2) is 29.2 Å². The van der Waals surface area contributed by atoms with Crippen molar-refractivity contribution in [3.63, 3.8) is 0 Å². The number of rotatable bonds is 1. The van der Waals surface area contributed by atoms with E-state index in [0.717, 1.165) is 6.26 Å². The number of hydrogen-bond donors (Lipinski definition) is 1. The first-order chi connectivity index (χ1) is 5.02. The molecule has 0 heterocycles. The molecule has 0 aromatic heterocycles. The zero-order chi connectivity index (χ0) is 8.48. The van der Waals surface area contributed by atoms with Crippen molar-refractivity contribution in [1.82, 2.24) is 0 Å². The first-order valence-electron chi connectivity index (χ1n) is 3.00. The van der Waals surface area contributed by atoms with Gasteiger partial charge >= 0.3 is 0 Å². The molecule has 1 N–H and O–H groups in total. The second-order valence-electron chi connectivity index (χ2n) is 2.24. The molecular weight excluding hydrogens is 164 g/mol. The number of phenolic OH excluding ortho intramolecular Hbond substituents is 1. The molecule has 0 aliphatic carbocycles. The smallest absolute Gasteiger partial charge is 0.179 e. The topological polar surface area (TPSA) is 54.4 Å². The van der Waals surface area contributed by atoms with Gasteiger partial charge in [0.05, 0.1) is 0 Å². The monoisotopic (exact) mass is 172 g/mol. The summed E-state index contributed by atoms with van der Waals surface area (Å²) in [5, 5.41) is 9.07. The lowest BCUT2D eigenvalue weighted by Gasteiger charge is -1.99. The van der Waals surface area contributed by atoms with E-state index in [1.165, 1.54) is 12.1 Å². The summed E-state index contributed by atoms with van der Waals surface area (Å²) in [7, 11) is -3.28. The molecule has 1 aromatic carbocycles. The average molecular weight is 172 g/mol. The fourth-order valence-corrected chi connectivity index (χ4v) is 1.54. The number of aromatic hydroxyl groups is 1. The third kappa shape index (κ3) is 1.71. The molecule has 0 saturated heterocycles. The predicted molar refractivity (Wildman–Crippen MR) is 41.2 cm³/mol. The SMILES string of the molecule is CS(=O)(=O)c1ccccc1O. The van der Waals surface area contributed by atoms with Crippen LogP contribution >= 0.6 is 0 Å². The summed E-state index contributed by atoms with van der Waals surface area (Å²) in [5.41, 5.74) is 0. The molecule has 0 aliphatic rings. The maximum Gasteiger partial charge on any atom is 0.179 e. The molecule has 0 fully saturated rings. The molecule has 0 amide bonds. The zero-order valence-corrected chi connectivity index (χ0v) is 6.80. The minimum atomic E-state index is -3.28. The van der Waals surface area contributed by atoms with Gasteiger partial charge in [-0.3, -0.25) is 0 Å². The zero-order valence-electron chi connectivity index (χ0n) is 5.98. The van der Waals surface area contributed by atoms with Crippen LogP contribution in [0.5, 0.6) is 5.75 Å². The van der Waals surface area contributed by atoms with Gasteiger partial charge in [-0.05, 0) is 12.1 Å². The van der Waals surface area contributed by atoms with Gasteiger partial charge in [-0.15, -0.1) is 0 Å². The van der Waals surface area contributed by atoms with Gasteiger partial charge < -0.3 is 5.11 Å². The normalized spacial score (nSPS) is 11.4. The molecule has 4 heteroatoms. The van der Waals surface area contributed by atoms with E-state index in [1.54, 1.807) is 12.1 Å². The number of hydrogen-bond acceptors (Lipinski definition) is 3. The summed E-state index contributed by atoms with van der Waals surface area (Å²) in [6.07, 6.45) is 1.06. The summed E-state index contributed by atoms with van der Waals surface area (Å²) in [6.45, 7) is 0. The molecule has 1 aromatic rings. The Hall–Kier alpha value is -1.03. The number of para-hydroxylation sites is 1. The second kappa shape index (κ2) is 2.54. The first-order valence-corrected chi connectivity index (χ1v) is 4.89. The maximum absolute atomic E-state index is 10.9. The van der Waals surface area contributed by atoms with Crippen molar-refractivity contribution in [2.45, 2.75) is 4.90 Å². The van der Waals surface area contributed by atoms with Gasteiger partial charge in [0.1, 0.15) is 10.6 Å². The summed E-state index contributed by atoms with van der Waals surface area (Å²) in [4.78, 5) is -0.0278. The van der Waals surface area contributed by atoms with Gasteiger partial charge in [0.25, 0.3) is 0 Å². The standard InChI is InChI=1S/C7H8O3S/c1-11(9,10)7-5-3-2-4-6(7)8/h2-5,8H,1H3. The fraction of sp³-hybridized carbons (Fsp3) is 0.143. The van der Waals surface area contributed by atoms with E-state index in [9.17, 15) is 8.42 Å². The van der Waals surface area contributed by atoms with Gasteiger partial charge in [-0.1, -0.05) is 12.1 Å². The van der Waals surface area contributed by atoms with Crippen LogP contribution in [-0.4, -0.2) is 19.8 Å². The van der Waals surface area contributed by atoms with E-state index in [-0.39, 0.29) is 10.6 Å². The lowest BCUT2D eigenvalue weighted by molar-refractivity contribution is 0.459. The highest BCUT2D eigenvalue weighted by Crippen LogP contribution is 2.20. The van der Waals surface area contributed by atoms with Gasteiger partial charge in [-0.25, -0.2) is 8.42 Å². The summed E-state index contributed by atoms with van der Waals surface area (Å²) in [6, 6.07) is 5.85. The summed E-state index contributed by atoms with van der Waals surface area (Å²) >= 11 is 0. The molecule has 0 radical (unpaired) electrons. The van der Waals surface area contributed by atoms with Crippen molar-refractivity contribution in [2.75, 3.05) is 6.26 Å².